The van der Waals surface area contributed by atoms with E-state index < -0.39 is 0 Å². The SMILES string of the molecule is C[C@H]1[C@@H](C(=O)NC[C@H](Cc2ccc(O)cc2Cl)N(C)C)C1(C)c1ccccc1. The monoisotopic (exact) mass is 400 g/mol. The zero-order chi connectivity index (χ0) is 20.5. The van der Waals surface area contributed by atoms with E-state index in [0.29, 0.717) is 23.9 Å². The summed E-state index contributed by atoms with van der Waals surface area (Å²) in [6, 6.07) is 15.4. The number of rotatable bonds is 7. The highest BCUT2D eigenvalue weighted by molar-refractivity contribution is 6.31. The maximum atomic E-state index is 12.9. The number of aromatic hydroxyl groups is 1. The van der Waals surface area contributed by atoms with Gasteiger partial charge in [-0.25, -0.2) is 0 Å². The van der Waals surface area contributed by atoms with E-state index >= 15 is 0 Å². The molecule has 4 nitrogen and oxygen atoms in total. The van der Waals surface area contributed by atoms with E-state index in [2.05, 4.69) is 36.2 Å². The molecular weight excluding hydrogens is 372 g/mol. The minimum Gasteiger partial charge on any atom is -0.508 e. The lowest BCUT2D eigenvalue weighted by Crippen LogP contribution is -2.42. The minimum atomic E-state index is -0.0980. The first-order valence-electron chi connectivity index (χ1n) is 9.72. The molecule has 1 fully saturated rings. The first-order chi connectivity index (χ1) is 13.2. The summed E-state index contributed by atoms with van der Waals surface area (Å²) < 4.78 is 0. The number of halogens is 1. The Balaban J connectivity index is 1.63. The lowest BCUT2D eigenvalue weighted by atomic mass is 9.94. The number of benzene rings is 2. The highest BCUT2D eigenvalue weighted by Gasteiger charge is 2.62. The molecule has 3 rings (SSSR count). The molecule has 1 saturated carbocycles. The van der Waals surface area contributed by atoms with Crippen LogP contribution >= 0.6 is 11.6 Å². The molecule has 2 aromatic rings. The van der Waals surface area contributed by atoms with Gasteiger partial charge in [-0.2, -0.15) is 0 Å². The van der Waals surface area contributed by atoms with Crippen LogP contribution in [0.25, 0.3) is 0 Å². The number of nitrogens with zero attached hydrogens (tertiary/aromatic N) is 1. The Morgan fingerprint density at radius 2 is 1.93 bits per heavy atom. The van der Waals surface area contributed by atoms with Crippen molar-refractivity contribution in [1.29, 1.82) is 0 Å². The third-order valence-electron chi connectivity index (χ3n) is 6.40. The third kappa shape index (κ3) is 4.03. The minimum absolute atomic E-state index is 0.00466. The Morgan fingerprint density at radius 3 is 2.54 bits per heavy atom. The van der Waals surface area contributed by atoms with Crippen molar-refractivity contribution in [2.45, 2.75) is 31.7 Å². The van der Waals surface area contributed by atoms with Crippen LogP contribution in [0, 0.1) is 11.8 Å². The normalized spacial score (nSPS) is 24.8. The fourth-order valence-electron chi connectivity index (χ4n) is 4.19. The van der Waals surface area contributed by atoms with Crippen molar-refractivity contribution < 1.29 is 9.90 Å². The molecule has 150 valence electrons. The number of nitrogens with one attached hydrogen (secondary N) is 1. The summed E-state index contributed by atoms with van der Waals surface area (Å²) in [6.45, 7) is 4.88. The summed E-state index contributed by atoms with van der Waals surface area (Å²) in [4.78, 5) is 15.0. The second-order valence-corrected chi connectivity index (χ2v) is 8.66. The molecule has 4 atom stereocenters. The molecular formula is C23H29ClN2O2. The van der Waals surface area contributed by atoms with Crippen molar-refractivity contribution in [3.8, 4) is 5.75 Å². The van der Waals surface area contributed by atoms with Crippen molar-refractivity contribution in [3.05, 3.63) is 64.7 Å². The summed E-state index contributed by atoms with van der Waals surface area (Å²) in [6.07, 6.45) is 0.697. The lowest BCUT2D eigenvalue weighted by Gasteiger charge is -2.25. The largest absolute Gasteiger partial charge is 0.508 e. The second-order valence-electron chi connectivity index (χ2n) is 8.26. The Hall–Kier alpha value is -2.04. The quantitative estimate of drug-likeness (QED) is 0.742. The molecule has 0 saturated heterocycles. The molecule has 1 amide bonds. The van der Waals surface area contributed by atoms with Gasteiger partial charge in [-0.1, -0.05) is 61.8 Å². The summed E-state index contributed by atoms with van der Waals surface area (Å²) in [7, 11) is 4.00. The van der Waals surface area contributed by atoms with Gasteiger partial charge < -0.3 is 15.3 Å². The van der Waals surface area contributed by atoms with Crippen LogP contribution in [0.1, 0.15) is 25.0 Å². The van der Waals surface area contributed by atoms with Crippen molar-refractivity contribution in [2.75, 3.05) is 20.6 Å². The van der Waals surface area contributed by atoms with Gasteiger partial charge in [0.1, 0.15) is 5.75 Å². The Kier molecular flexibility index (Phi) is 6.01. The van der Waals surface area contributed by atoms with E-state index in [1.807, 2.05) is 38.4 Å². The average molecular weight is 401 g/mol. The zero-order valence-corrected chi connectivity index (χ0v) is 17.7. The van der Waals surface area contributed by atoms with Gasteiger partial charge >= 0.3 is 0 Å². The molecule has 2 N–H and O–H groups in total. The summed E-state index contributed by atoms with van der Waals surface area (Å²) in [5.74, 6) is 0.586. The molecule has 2 aromatic carbocycles. The van der Waals surface area contributed by atoms with Gasteiger partial charge in [0.25, 0.3) is 0 Å². The summed E-state index contributed by atoms with van der Waals surface area (Å²) >= 11 is 6.26. The molecule has 28 heavy (non-hydrogen) atoms. The van der Waals surface area contributed by atoms with Gasteiger partial charge in [0.05, 0.1) is 5.92 Å². The van der Waals surface area contributed by atoms with Gasteiger partial charge in [0.2, 0.25) is 5.91 Å². The summed E-state index contributed by atoms with van der Waals surface area (Å²) in [5.41, 5.74) is 2.09. The topological polar surface area (TPSA) is 52.6 Å². The summed E-state index contributed by atoms with van der Waals surface area (Å²) in [5, 5.41) is 13.2. The van der Waals surface area contributed by atoms with Crippen LogP contribution in [0.5, 0.6) is 5.75 Å². The van der Waals surface area contributed by atoms with E-state index in [9.17, 15) is 9.90 Å². The third-order valence-corrected chi connectivity index (χ3v) is 6.75. The van der Waals surface area contributed by atoms with Gasteiger partial charge in [0.15, 0.2) is 0 Å². The fourth-order valence-corrected chi connectivity index (χ4v) is 4.44. The van der Waals surface area contributed by atoms with E-state index in [1.54, 1.807) is 12.1 Å². The van der Waals surface area contributed by atoms with Crippen molar-refractivity contribution in [1.82, 2.24) is 10.2 Å². The first kappa shape index (κ1) is 20.7. The smallest absolute Gasteiger partial charge is 0.224 e. The highest BCUT2D eigenvalue weighted by atomic mass is 35.5. The van der Waals surface area contributed by atoms with Crippen LogP contribution in [0.2, 0.25) is 5.02 Å². The molecule has 5 heteroatoms. The second kappa shape index (κ2) is 8.14. The fraction of sp³-hybridized carbons (Fsp3) is 0.435. The van der Waals surface area contributed by atoms with Crippen molar-refractivity contribution in [2.24, 2.45) is 11.8 Å². The van der Waals surface area contributed by atoms with Crippen LogP contribution in [0.15, 0.2) is 48.5 Å². The van der Waals surface area contributed by atoms with Crippen LogP contribution in [-0.2, 0) is 16.6 Å². The van der Waals surface area contributed by atoms with Gasteiger partial charge in [0, 0.05) is 23.0 Å². The van der Waals surface area contributed by atoms with Crippen molar-refractivity contribution >= 4 is 17.5 Å². The molecule has 0 radical (unpaired) electrons. The number of phenolic OH excluding ortho intramolecular Hbond substituents is 1. The standard InChI is InChI=1S/C23H29ClN2O2/c1-15-21(23(15,2)17-8-6-5-7-9-17)22(28)25-14-18(26(3)4)12-16-10-11-19(27)13-20(16)24/h5-11,13,15,18,21,27H,12,14H2,1-4H3,(H,25,28)/t15-,18-,21-,23?/m0/s1. The lowest BCUT2D eigenvalue weighted by molar-refractivity contribution is -0.123. The maximum Gasteiger partial charge on any atom is 0.224 e. The maximum absolute atomic E-state index is 12.9. The Morgan fingerprint density at radius 1 is 1.25 bits per heavy atom. The Bertz CT molecular complexity index is 840. The number of hydrogen-bond acceptors (Lipinski definition) is 3. The number of likely N-dealkylation sites (N-methyl/N-ethyl adjacent to an activating group) is 1. The van der Waals surface area contributed by atoms with E-state index in [-0.39, 0.29) is 29.0 Å². The molecule has 0 heterocycles. The van der Waals surface area contributed by atoms with Crippen molar-refractivity contribution in [3.63, 3.8) is 0 Å². The van der Waals surface area contributed by atoms with Gasteiger partial charge in [-0.05, 0) is 49.7 Å². The van der Waals surface area contributed by atoms with Gasteiger partial charge in [-0.3, -0.25) is 4.79 Å². The van der Waals surface area contributed by atoms with Crippen LogP contribution in [0.3, 0.4) is 0 Å². The number of phenols is 1. The first-order valence-corrected chi connectivity index (χ1v) is 10.1. The van der Waals surface area contributed by atoms with Crippen LogP contribution < -0.4 is 5.32 Å². The average Bonchev–Trinajstić information content (AvgIpc) is 3.22. The molecule has 0 aromatic heterocycles. The molecule has 1 aliphatic rings. The molecule has 1 aliphatic carbocycles. The predicted molar refractivity (Wildman–Crippen MR) is 114 cm³/mol. The zero-order valence-electron chi connectivity index (χ0n) is 16.9. The number of carbonyl (C=O) groups excluding carboxylic acids is 1. The molecule has 1 unspecified atom stereocenters. The molecule has 0 aliphatic heterocycles. The van der Waals surface area contributed by atoms with Gasteiger partial charge in [-0.15, -0.1) is 0 Å². The van der Waals surface area contributed by atoms with E-state index in [4.69, 9.17) is 11.6 Å². The molecule has 0 spiro atoms. The predicted octanol–water partition coefficient (Wildman–Crippen LogP) is 3.86. The number of hydrogen-bond donors (Lipinski definition) is 2. The Labute approximate surface area is 172 Å². The van der Waals surface area contributed by atoms with Crippen LogP contribution in [0.4, 0.5) is 0 Å². The highest BCUT2D eigenvalue weighted by Crippen LogP contribution is 2.59. The van der Waals surface area contributed by atoms with Crippen LogP contribution in [-0.4, -0.2) is 42.6 Å². The van der Waals surface area contributed by atoms with E-state index in [0.717, 1.165) is 5.56 Å². The number of carbonyl (C=O) groups is 1. The molecule has 0 bridgehead atoms. The van der Waals surface area contributed by atoms with E-state index in [1.165, 1.54) is 5.56 Å². The number of amides is 1.